The van der Waals surface area contributed by atoms with Gasteiger partial charge in [-0.3, -0.25) is 15.0 Å². The van der Waals surface area contributed by atoms with E-state index in [1.54, 1.807) is 13.8 Å². The molecule has 19 heavy (non-hydrogen) atoms. The molecule has 0 aromatic carbocycles. The zero-order chi connectivity index (χ0) is 14.4. The molecule has 3 unspecified atom stereocenters. The van der Waals surface area contributed by atoms with Crippen molar-refractivity contribution < 1.29 is 9.59 Å². The molecule has 0 aromatic rings. The summed E-state index contributed by atoms with van der Waals surface area (Å²) in [6, 6.07) is -0.486. The number of likely N-dealkylation sites (N-methyl/N-ethyl adjacent to an activating group) is 1. The molecule has 0 aliphatic heterocycles. The molecule has 1 aliphatic carbocycles. The number of hydrogen-bond donors (Lipinski definition) is 3. The fourth-order valence-corrected chi connectivity index (χ4v) is 2.54. The van der Waals surface area contributed by atoms with Gasteiger partial charge in [0.05, 0.1) is 6.04 Å². The highest BCUT2D eigenvalue weighted by Crippen LogP contribution is 2.22. The summed E-state index contributed by atoms with van der Waals surface area (Å²) < 4.78 is 0. The SMILES string of the molecule is CCNC(=O)NC(=O)C(C)N(C)C1CCCCC1N. The Kier molecular flexibility index (Phi) is 6.24. The van der Waals surface area contributed by atoms with E-state index in [2.05, 4.69) is 10.6 Å². The van der Waals surface area contributed by atoms with E-state index in [1.165, 1.54) is 0 Å². The van der Waals surface area contributed by atoms with Gasteiger partial charge in [0, 0.05) is 18.6 Å². The third-order valence-electron chi connectivity index (χ3n) is 3.87. The monoisotopic (exact) mass is 270 g/mol. The predicted molar refractivity (Wildman–Crippen MR) is 74.7 cm³/mol. The Balaban J connectivity index is 2.52. The fourth-order valence-electron chi connectivity index (χ4n) is 2.54. The van der Waals surface area contributed by atoms with Crippen LogP contribution >= 0.6 is 0 Å². The molecule has 1 aliphatic rings. The van der Waals surface area contributed by atoms with Crippen molar-refractivity contribution in [2.75, 3.05) is 13.6 Å². The molecule has 110 valence electrons. The minimum atomic E-state index is -0.444. The Bertz CT molecular complexity index is 322. The van der Waals surface area contributed by atoms with E-state index in [4.69, 9.17) is 5.73 Å². The normalized spacial score (nSPS) is 24.9. The molecule has 4 N–H and O–H groups in total. The fraction of sp³-hybridized carbons (Fsp3) is 0.846. The molecule has 3 amide bonds. The van der Waals surface area contributed by atoms with Crippen LogP contribution in [0.1, 0.15) is 39.5 Å². The molecular weight excluding hydrogens is 244 g/mol. The van der Waals surface area contributed by atoms with E-state index in [0.29, 0.717) is 6.54 Å². The van der Waals surface area contributed by atoms with Gasteiger partial charge in [0.15, 0.2) is 0 Å². The van der Waals surface area contributed by atoms with Gasteiger partial charge in [-0.1, -0.05) is 12.8 Å². The summed E-state index contributed by atoms with van der Waals surface area (Å²) in [7, 11) is 1.90. The number of rotatable bonds is 4. The van der Waals surface area contributed by atoms with Crippen molar-refractivity contribution >= 4 is 11.9 Å². The van der Waals surface area contributed by atoms with Gasteiger partial charge in [-0.25, -0.2) is 4.79 Å². The summed E-state index contributed by atoms with van der Waals surface area (Å²) in [5.41, 5.74) is 6.11. The van der Waals surface area contributed by atoms with Crippen molar-refractivity contribution in [3.8, 4) is 0 Å². The van der Waals surface area contributed by atoms with Crippen LogP contribution in [-0.4, -0.2) is 48.6 Å². The third kappa shape index (κ3) is 4.47. The minimum Gasteiger partial charge on any atom is -0.338 e. The number of imide groups is 1. The van der Waals surface area contributed by atoms with Crippen LogP contribution in [0.15, 0.2) is 0 Å². The van der Waals surface area contributed by atoms with Crippen molar-refractivity contribution in [3.05, 3.63) is 0 Å². The van der Waals surface area contributed by atoms with Crippen molar-refractivity contribution in [3.63, 3.8) is 0 Å². The lowest BCUT2D eigenvalue weighted by Gasteiger charge is -2.38. The number of urea groups is 1. The summed E-state index contributed by atoms with van der Waals surface area (Å²) in [6.45, 7) is 4.10. The number of hydrogen-bond acceptors (Lipinski definition) is 4. The van der Waals surface area contributed by atoms with E-state index < -0.39 is 6.03 Å². The summed E-state index contributed by atoms with van der Waals surface area (Å²) in [4.78, 5) is 25.3. The smallest absolute Gasteiger partial charge is 0.321 e. The van der Waals surface area contributed by atoms with Crippen LogP contribution < -0.4 is 16.4 Å². The first-order valence-electron chi connectivity index (χ1n) is 7.03. The largest absolute Gasteiger partial charge is 0.338 e. The lowest BCUT2D eigenvalue weighted by atomic mass is 9.89. The Morgan fingerprint density at radius 3 is 2.58 bits per heavy atom. The van der Waals surface area contributed by atoms with E-state index >= 15 is 0 Å². The van der Waals surface area contributed by atoms with Gasteiger partial charge < -0.3 is 11.1 Å². The van der Waals surface area contributed by atoms with Gasteiger partial charge in [-0.15, -0.1) is 0 Å². The molecule has 1 saturated carbocycles. The molecule has 6 nitrogen and oxygen atoms in total. The first kappa shape index (κ1) is 15.9. The quantitative estimate of drug-likeness (QED) is 0.691. The number of nitrogens with one attached hydrogen (secondary N) is 2. The standard InChI is InChI=1S/C13H26N4O2/c1-4-15-13(19)16-12(18)9(2)17(3)11-8-6-5-7-10(11)14/h9-11H,4-8,14H2,1-3H3,(H2,15,16,18,19). The summed E-state index contributed by atoms with van der Waals surface area (Å²) >= 11 is 0. The molecular formula is C13H26N4O2. The zero-order valence-electron chi connectivity index (χ0n) is 12.1. The van der Waals surface area contributed by atoms with Crippen LogP contribution in [0.3, 0.4) is 0 Å². The lowest BCUT2D eigenvalue weighted by molar-refractivity contribution is -0.125. The van der Waals surface area contributed by atoms with Crippen LogP contribution in [0.4, 0.5) is 4.79 Å². The Morgan fingerprint density at radius 1 is 1.37 bits per heavy atom. The van der Waals surface area contributed by atoms with E-state index in [-0.39, 0.29) is 24.0 Å². The average molecular weight is 270 g/mol. The molecule has 1 rings (SSSR count). The van der Waals surface area contributed by atoms with E-state index in [1.807, 2.05) is 11.9 Å². The zero-order valence-corrected chi connectivity index (χ0v) is 12.1. The highest BCUT2D eigenvalue weighted by molar-refractivity contribution is 5.96. The van der Waals surface area contributed by atoms with E-state index in [9.17, 15) is 9.59 Å². The van der Waals surface area contributed by atoms with Gasteiger partial charge in [0.2, 0.25) is 5.91 Å². The molecule has 0 bridgehead atoms. The maximum Gasteiger partial charge on any atom is 0.321 e. The molecule has 0 radical (unpaired) electrons. The Labute approximate surface area is 115 Å². The maximum atomic E-state index is 12.0. The molecule has 0 aromatic heterocycles. The number of nitrogens with two attached hydrogens (primary N) is 1. The van der Waals surface area contributed by atoms with E-state index in [0.717, 1.165) is 25.7 Å². The number of nitrogens with zero attached hydrogens (tertiary/aromatic N) is 1. The van der Waals surface area contributed by atoms with Crippen LogP contribution in [-0.2, 0) is 4.79 Å². The second-order valence-corrected chi connectivity index (χ2v) is 5.21. The first-order chi connectivity index (χ1) is 8.97. The van der Waals surface area contributed by atoms with Crippen molar-refractivity contribution in [2.45, 2.75) is 57.7 Å². The van der Waals surface area contributed by atoms with Crippen LogP contribution in [0.2, 0.25) is 0 Å². The minimum absolute atomic E-state index is 0.110. The van der Waals surface area contributed by atoms with Gasteiger partial charge in [-0.2, -0.15) is 0 Å². The molecule has 0 spiro atoms. The molecule has 6 heteroatoms. The summed E-state index contributed by atoms with van der Waals surface area (Å²) in [6.07, 6.45) is 4.31. The van der Waals surface area contributed by atoms with Crippen molar-refractivity contribution in [2.24, 2.45) is 5.73 Å². The molecule has 1 fully saturated rings. The molecule has 3 atom stereocenters. The highest BCUT2D eigenvalue weighted by atomic mass is 16.2. The second kappa shape index (κ2) is 7.45. The average Bonchev–Trinajstić information content (AvgIpc) is 2.37. The van der Waals surface area contributed by atoms with Crippen molar-refractivity contribution in [1.29, 1.82) is 0 Å². The second-order valence-electron chi connectivity index (χ2n) is 5.21. The lowest BCUT2D eigenvalue weighted by Crippen LogP contribution is -2.56. The Hall–Kier alpha value is -1.14. The number of amides is 3. The first-order valence-corrected chi connectivity index (χ1v) is 7.03. The van der Waals surface area contributed by atoms with Crippen LogP contribution in [0.5, 0.6) is 0 Å². The van der Waals surface area contributed by atoms with Crippen LogP contribution in [0, 0.1) is 0 Å². The Morgan fingerprint density at radius 2 is 2.00 bits per heavy atom. The number of carbonyl (C=O) groups excluding carboxylic acids is 2. The highest BCUT2D eigenvalue weighted by Gasteiger charge is 2.31. The van der Waals surface area contributed by atoms with Gasteiger partial charge >= 0.3 is 6.03 Å². The topological polar surface area (TPSA) is 87.5 Å². The van der Waals surface area contributed by atoms with Gasteiger partial charge in [0.25, 0.3) is 0 Å². The predicted octanol–water partition coefficient (Wildman–Crippen LogP) is 0.422. The van der Waals surface area contributed by atoms with Crippen molar-refractivity contribution in [1.82, 2.24) is 15.5 Å². The van der Waals surface area contributed by atoms with Crippen LogP contribution in [0.25, 0.3) is 0 Å². The molecule has 0 heterocycles. The summed E-state index contributed by atoms with van der Waals surface area (Å²) in [5, 5.41) is 4.89. The summed E-state index contributed by atoms with van der Waals surface area (Å²) in [5.74, 6) is -0.286. The van der Waals surface area contributed by atoms with Gasteiger partial charge in [-0.05, 0) is 33.7 Å². The number of carbonyl (C=O) groups is 2. The molecule has 0 saturated heterocycles. The third-order valence-corrected chi connectivity index (χ3v) is 3.87. The maximum absolute atomic E-state index is 12.0. The van der Waals surface area contributed by atoms with Gasteiger partial charge in [0.1, 0.15) is 0 Å².